The minimum atomic E-state index is -0.434. The van der Waals surface area contributed by atoms with E-state index >= 15 is 0 Å². The number of ketones is 1. The fourth-order valence-corrected chi connectivity index (χ4v) is 7.06. The highest BCUT2D eigenvalue weighted by Crippen LogP contribution is 2.51. The molecule has 2 N–H and O–H groups in total. The summed E-state index contributed by atoms with van der Waals surface area (Å²) in [6.07, 6.45) is 3.16. The molecule has 34 heavy (non-hydrogen) atoms. The first-order chi connectivity index (χ1) is 16.5. The molecule has 170 valence electrons. The first-order valence-corrected chi connectivity index (χ1v) is 13.3. The fraction of sp³-hybridized carbons (Fsp3) is 0.214. The Labute approximate surface area is 208 Å². The van der Waals surface area contributed by atoms with Gasteiger partial charge in [0.1, 0.15) is 5.82 Å². The van der Waals surface area contributed by atoms with Crippen LogP contribution >= 0.6 is 23.1 Å². The molecular weight excluding hydrogens is 458 g/mol. The molecule has 0 radical (unpaired) electrons. The first-order valence-electron chi connectivity index (χ1n) is 11.2. The maximum atomic E-state index is 13.9. The van der Waals surface area contributed by atoms with Gasteiger partial charge in [-0.25, -0.2) is 0 Å². The number of allylic oxidation sites excluding steroid dienone is 3. The van der Waals surface area contributed by atoms with Crippen molar-refractivity contribution >= 4 is 34.6 Å². The second-order valence-corrected chi connectivity index (χ2v) is 10.9. The van der Waals surface area contributed by atoms with Crippen LogP contribution in [0.5, 0.6) is 0 Å². The summed E-state index contributed by atoms with van der Waals surface area (Å²) in [6.45, 7) is 2.07. The molecule has 1 aliphatic carbocycles. The van der Waals surface area contributed by atoms with Crippen molar-refractivity contribution in [1.82, 2.24) is 0 Å². The van der Waals surface area contributed by atoms with Crippen LogP contribution in [0.15, 0.2) is 93.6 Å². The fourth-order valence-electron chi connectivity index (χ4n) is 5.15. The quantitative estimate of drug-likeness (QED) is 0.430. The Balaban J connectivity index is 1.74. The monoisotopic (exact) mass is 483 g/mol. The Hall–Kier alpha value is -3.27. The molecule has 5 rings (SSSR count). The molecule has 1 aromatic heterocycles. The Morgan fingerprint density at radius 2 is 1.76 bits per heavy atom. The molecule has 2 aliphatic rings. The molecule has 2 atom stereocenters. The van der Waals surface area contributed by atoms with Crippen LogP contribution in [0.3, 0.4) is 0 Å². The molecule has 0 bridgehead atoms. The predicted molar refractivity (Wildman–Crippen MR) is 140 cm³/mol. The Bertz CT molecular complexity index is 1350. The van der Waals surface area contributed by atoms with Crippen molar-refractivity contribution in [3.8, 4) is 6.07 Å². The van der Waals surface area contributed by atoms with Crippen LogP contribution in [0.4, 0.5) is 5.69 Å². The molecule has 3 aromatic rings. The Morgan fingerprint density at radius 1 is 1.09 bits per heavy atom. The van der Waals surface area contributed by atoms with Gasteiger partial charge in [0.25, 0.3) is 0 Å². The Morgan fingerprint density at radius 3 is 2.41 bits per heavy atom. The van der Waals surface area contributed by atoms with Crippen LogP contribution in [-0.4, -0.2) is 12.0 Å². The van der Waals surface area contributed by atoms with E-state index in [2.05, 4.69) is 31.2 Å². The highest BCUT2D eigenvalue weighted by atomic mass is 32.2. The average molecular weight is 484 g/mol. The topological polar surface area (TPSA) is 70.1 Å². The zero-order chi connectivity index (χ0) is 23.8. The maximum Gasteiger partial charge on any atom is 0.162 e. The zero-order valence-electron chi connectivity index (χ0n) is 19.1. The molecule has 4 nitrogen and oxygen atoms in total. The van der Waals surface area contributed by atoms with E-state index in [0.29, 0.717) is 24.2 Å². The molecule has 6 heteroatoms. The first kappa shape index (κ1) is 22.5. The summed E-state index contributed by atoms with van der Waals surface area (Å²) < 4.78 is 1.13. The number of nitriles is 1. The van der Waals surface area contributed by atoms with Crippen LogP contribution in [0.2, 0.25) is 0 Å². The molecule has 0 spiro atoms. The number of aryl methyl sites for hydroxylation is 1. The summed E-state index contributed by atoms with van der Waals surface area (Å²) in [5.74, 6) is 0.142. The van der Waals surface area contributed by atoms with Gasteiger partial charge in [-0.05, 0) is 54.8 Å². The van der Waals surface area contributed by atoms with E-state index in [0.717, 1.165) is 37.2 Å². The number of carbonyl (C=O) groups excluding carboxylic acids is 1. The van der Waals surface area contributed by atoms with Crippen molar-refractivity contribution in [2.24, 2.45) is 5.73 Å². The van der Waals surface area contributed by atoms with Crippen molar-refractivity contribution in [2.75, 3.05) is 11.2 Å². The van der Waals surface area contributed by atoms with E-state index in [1.807, 2.05) is 59.7 Å². The van der Waals surface area contributed by atoms with Gasteiger partial charge in [0, 0.05) is 28.3 Å². The smallest absolute Gasteiger partial charge is 0.162 e. The van der Waals surface area contributed by atoms with Gasteiger partial charge in [-0.15, -0.1) is 23.1 Å². The van der Waals surface area contributed by atoms with E-state index in [-0.39, 0.29) is 11.7 Å². The van der Waals surface area contributed by atoms with Crippen LogP contribution < -0.4 is 10.6 Å². The van der Waals surface area contributed by atoms with E-state index in [1.54, 1.807) is 23.1 Å². The highest BCUT2D eigenvalue weighted by Gasteiger charge is 2.43. The number of carbonyl (C=O) groups is 1. The number of nitrogens with two attached hydrogens (primary N) is 1. The summed E-state index contributed by atoms with van der Waals surface area (Å²) in [6, 6.07) is 24.5. The molecule has 0 fully saturated rings. The summed E-state index contributed by atoms with van der Waals surface area (Å²) in [7, 11) is 0. The Kier molecular flexibility index (Phi) is 6.07. The SMILES string of the molecule is CSc1sc(C)cc1[C@@H]1C(C#N)=C(N)N(c2ccccc2)C2=C1C(=O)C[C@H](c1ccccc1)C2. The molecule has 2 heterocycles. The molecule has 0 saturated heterocycles. The number of hydrogen-bond donors (Lipinski definition) is 1. The molecule has 1 aliphatic heterocycles. The summed E-state index contributed by atoms with van der Waals surface area (Å²) in [5.41, 5.74) is 11.9. The number of para-hydroxylation sites is 1. The number of anilines is 1. The van der Waals surface area contributed by atoms with Gasteiger partial charge in [0.15, 0.2) is 5.78 Å². The van der Waals surface area contributed by atoms with Crippen molar-refractivity contribution in [1.29, 1.82) is 5.26 Å². The van der Waals surface area contributed by atoms with Gasteiger partial charge >= 0.3 is 0 Å². The maximum absolute atomic E-state index is 13.9. The van der Waals surface area contributed by atoms with Crippen LogP contribution in [-0.2, 0) is 4.79 Å². The third kappa shape index (κ3) is 3.75. The summed E-state index contributed by atoms with van der Waals surface area (Å²) in [5, 5.41) is 10.3. The predicted octanol–water partition coefficient (Wildman–Crippen LogP) is 6.48. The minimum Gasteiger partial charge on any atom is -0.384 e. The zero-order valence-corrected chi connectivity index (χ0v) is 20.7. The van der Waals surface area contributed by atoms with Crippen molar-refractivity contribution in [2.45, 2.75) is 35.8 Å². The van der Waals surface area contributed by atoms with Crippen LogP contribution in [0.1, 0.15) is 40.7 Å². The van der Waals surface area contributed by atoms with Gasteiger partial charge in [0.05, 0.1) is 21.8 Å². The summed E-state index contributed by atoms with van der Waals surface area (Å²) in [4.78, 5) is 17.0. The van der Waals surface area contributed by atoms with Crippen LogP contribution in [0.25, 0.3) is 0 Å². The second kappa shape index (κ2) is 9.17. The highest BCUT2D eigenvalue weighted by molar-refractivity contribution is 8.00. The number of hydrogen-bond acceptors (Lipinski definition) is 6. The minimum absolute atomic E-state index is 0.0694. The molecule has 0 unspecified atom stereocenters. The number of thioether (sulfide) groups is 1. The molecular formula is C28H25N3OS2. The van der Waals surface area contributed by atoms with Crippen molar-refractivity contribution < 1.29 is 4.79 Å². The number of nitrogens with zero attached hydrogens (tertiary/aromatic N) is 2. The van der Waals surface area contributed by atoms with Gasteiger partial charge in [-0.3, -0.25) is 9.69 Å². The van der Waals surface area contributed by atoms with E-state index in [4.69, 9.17) is 5.73 Å². The lowest BCUT2D eigenvalue weighted by atomic mass is 9.72. The average Bonchev–Trinajstić information content (AvgIpc) is 3.24. The largest absolute Gasteiger partial charge is 0.384 e. The number of thiophene rings is 1. The van der Waals surface area contributed by atoms with Crippen LogP contribution in [0, 0.1) is 18.3 Å². The third-order valence-electron chi connectivity index (χ3n) is 6.60. The third-order valence-corrected chi connectivity index (χ3v) is 8.81. The molecule has 0 saturated carbocycles. The van der Waals surface area contributed by atoms with E-state index in [1.165, 1.54) is 0 Å². The lowest BCUT2D eigenvalue weighted by Gasteiger charge is -2.41. The normalized spacial score (nSPS) is 20.4. The van der Waals surface area contributed by atoms with Crippen molar-refractivity contribution in [3.05, 3.63) is 105 Å². The van der Waals surface area contributed by atoms with Crippen molar-refractivity contribution in [3.63, 3.8) is 0 Å². The van der Waals surface area contributed by atoms with Gasteiger partial charge in [-0.1, -0.05) is 48.5 Å². The standard InChI is InChI=1S/C28H25N3OS2/c1-17-13-21(28(33-2)34-17)25-22(16-29)27(30)31(20-11-7-4-8-12-20)23-14-19(15-24(32)26(23)25)18-9-5-3-6-10-18/h3-13,19,25H,14-15,30H2,1-2H3/t19-,25-/m1/s1. The number of benzene rings is 2. The number of Topliss-reactive ketones (excluding diaryl/α,β-unsaturated/α-hetero) is 1. The molecule has 0 amide bonds. The van der Waals surface area contributed by atoms with E-state index in [9.17, 15) is 10.1 Å². The van der Waals surface area contributed by atoms with Gasteiger partial charge < -0.3 is 5.73 Å². The van der Waals surface area contributed by atoms with Gasteiger partial charge in [0.2, 0.25) is 0 Å². The lowest BCUT2D eigenvalue weighted by molar-refractivity contribution is -0.116. The van der Waals surface area contributed by atoms with E-state index < -0.39 is 5.92 Å². The molecule has 2 aromatic carbocycles. The number of rotatable bonds is 4. The second-order valence-electron chi connectivity index (χ2n) is 8.62. The van der Waals surface area contributed by atoms with Gasteiger partial charge in [-0.2, -0.15) is 5.26 Å². The lowest BCUT2D eigenvalue weighted by Crippen LogP contribution is -2.40. The summed E-state index contributed by atoms with van der Waals surface area (Å²) >= 11 is 3.36.